The summed E-state index contributed by atoms with van der Waals surface area (Å²) in [7, 11) is 0. The van der Waals surface area contributed by atoms with Crippen LogP contribution in [0.1, 0.15) is 122 Å². The molecule has 2 atom stereocenters. The van der Waals surface area contributed by atoms with Crippen molar-refractivity contribution in [3.05, 3.63) is 0 Å². The van der Waals surface area contributed by atoms with Crippen molar-refractivity contribution in [1.82, 2.24) is 0 Å². The van der Waals surface area contributed by atoms with Gasteiger partial charge in [-0.15, -0.1) is 0 Å². The normalized spacial score (nSPS) is 18.6. The minimum atomic E-state index is -0.492. The lowest BCUT2D eigenvalue weighted by Crippen LogP contribution is -2.10. The summed E-state index contributed by atoms with van der Waals surface area (Å²) < 4.78 is 10.1. The smallest absolute Gasteiger partial charge is 0.308 e. The van der Waals surface area contributed by atoms with Crippen LogP contribution in [0.2, 0.25) is 0 Å². The molecule has 4 nitrogen and oxygen atoms in total. The Hall–Kier alpha value is -0.610. The second kappa shape index (κ2) is 17.5. The topological polar surface area (TPSA) is 59.1 Å². The van der Waals surface area contributed by atoms with Crippen molar-refractivity contribution in [3.8, 4) is 0 Å². The molecule has 0 aromatic rings. The first-order chi connectivity index (χ1) is 13.3. The van der Waals surface area contributed by atoms with Crippen molar-refractivity contribution in [1.29, 1.82) is 0 Å². The van der Waals surface area contributed by atoms with Gasteiger partial charge in [0, 0.05) is 6.42 Å². The molecule has 0 aromatic carbocycles. The minimum Gasteiger partial charge on any atom is -0.433 e. The van der Waals surface area contributed by atoms with E-state index in [1.807, 2.05) is 0 Å². The highest BCUT2D eigenvalue weighted by atomic mass is 16.8. The fourth-order valence-electron chi connectivity index (χ4n) is 3.54. The number of carbonyl (C=O) groups excluding carboxylic acids is 1. The molecule has 0 bridgehead atoms. The maximum atomic E-state index is 11.5. The zero-order valence-electron chi connectivity index (χ0n) is 17.8. The van der Waals surface area contributed by atoms with Gasteiger partial charge in [-0.1, -0.05) is 110 Å². The molecule has 1 N–H and O–H groups in total. The van der Waals surface area contributed by atoms with Crippen LogP contribution in [0.25, 0.3) is 0 Å². The molecule has 0 aromatic heterocycles. The Labute approximate surface area is 167 Å². The van der Waals surface area contributed by atoms with Gasteiger partial charge in [-0.05, 0) is 6.42 Å². The average molecular weight is 385 g/mol. The van der Waals surface area contributed by atoms with Gasteiger partial charge in [0.1, 0.15) is 6.10 Å². The largest absolute Gasteiger partial charge is 0.433 e. The molecular weight excluding hydrogens is 340 g/mol. The molecule has 4 heteroatoms. The quantitative estimate of drug-likeness (QED) is 0.152. The van der Waals surface area contributed by atoms with E-state index in [4.69, 9.17) is 14.6 Å². The number of rotatable bonds is 20. The maximum absolute atomic E-state index is 11.5. The lowest BCUT2D eigenvalue weighted by atomic mass is 10.0. The second-order valence-electron chi connectivity index (χ2n) is 8.12. The monoisotopic (exact) mass is 384 g/mol. The number of aliphatic hydroxyl groups excluding tert-OH is 1. The molecule has 0 spiro atoms. The predicted octanol–water partition coefficient (Wildman–Crippen LogP) is 6.29. The Kier molecular flexibility index (Phi) is 15.8. The molecule has 1 heterocycles. The molecule has 1 saturated heterocycles. The van der Waals surface area contributed by atoms with Gasteiger partial charge in [0.15, 0.2) is 0 Å². The van der Waals surface area contributed by atoms with Crippen molar-refractivity contribution in [2.45, 2.75) is 135 Å². The summed E-state index contributed by atoms with van der Waals surface area (Å²) in [5.41, 5.74) is 0. The van der Waals surface area contributed by atoms with E-state index in [1.165, 1.54) is 96.3 Å². The summed E-state index contributed by atoms with van der Waals surface area (Å²) in [5, 5.41) is 8.81. The maximum Gasteiger partial charge on any atom is 0.308 e. The van der Waals surface area contributed by atoms with Crippen LogP contribution in [-0.2, 0) is 14.3 Å². The molecule has 1 aliphatic heterocycles. The van der Waals surface area contributed by atoms with Crippen LogP contribution >= 0.6 is 0 Å². The van der Waals surface area contributed by atoms with Crippen LogP contribution in [0.5, 0.6) is 0 Å². The van der Waals surface area contributed by atoms with E-state index in [2.05, 4.69) is 6.92 Å². The standard InChI is InChI=1S/C23H44O4/c1-2-3-4-5-6-7-8-9-10-11-12-13-14-15-16-17-18-19-22(25)27-23-21(20-24)26-23/h21,23-24H,2-20H2,1H3. The van der Waals surface area contributed by atoms with Crippen LogP contribution in [0.4, 0.5) is 0 Å². The van der Waals surface area contributed by atoms with E-state index in [9.17, 15) is 4.79 Å². The number of hydrogen-bond donors (Lipinski definition) is 1. The first kappa shape index (κ1) is 24.4. The van der Waals surface area contributed by atoms with E-state index in [1.54, 1.807) is 0 Å². The average Bonchev–Trinajstić information content (AvgIpc) is 3.42. The fourth-order valence-corrected chi connectivity index (χ4v) is 3.54. The highest BCUT2D eigenvalue weighted by Gasteiger charge is 2.41. The SMILES string of the molecule is CCCCCCCCCCCCCCCCCCCC(=O)OC1OC1CO. The Morgan fingerprint density at radius 2 is 1.15 bits per heavy atom. The third kappa shape index (κ3) is 15.0. The number of esters is 1. The highest BCUT2D eigenvalue weighted by Crippen LogP contribution is 2.23. The van der Waals surface area contributed by atoms with E-state index < -0.39 is 6.29 Å². The van der Waals surface area contributed by atoms with Gasteiger partial charge in [0.2, 0.25) is 6.29 Å². The Morgan fingerprint density at radius 1 is 0.741 bits per heavy atom. The van der Waals surface area contributed by atoms with Crippen molar-refractivity contribution >= 4 is 5.97 Å². The van der Waals surface area contributed by atoms with Crippen LogP contribution in [0.3, 0.4) is 0 Å². The van der Waals surface area contributed by atoms with Crippen molar-refractivity contribution in [3.63, 3.8) is 0 Å². The third-order valence-electron chi connectivity index (χ3n) is 5.45. The predicted molar refractivity (Wildman–Crippen MR) is 111 cm³/mol. The van der Waals surface area contributed by atoms with E-state index in [-0.39, 0.29) is 18.7 Å². The molecule has 160 valence electrons. The van der Waals surface area contributed by atoms with Crippen LogP contribution in [0.15, 0.2) is 0 Å². The molecule has 1 rings (SSSR count). The molecule has 27 heavy (non-hydrogen) atoms. The van der Waals surface area contributed by atoms with Crippen LogP contribution in [-0.4, -0.2) is 30.1 Å². The first-order valence-electron chi connectivity index (χ1n) is 11.7. The Bertz CT molecular complexity index is 345. The van der Waals surface area contributed by atoms with Crippen LogP contribution < -0.4 is 0 Å². The van der Waals surface area contributed by atoms with Crippen LogP contribution in [0, 0.1) is 0 Å². The number of epoxide rings is 1. The van der Waals surface area contributed by atoms with Gasteiger partial charge < -0.3 is 14.6 Å². The summed E-state index contributed by atoms with van der Waals surface area (Å²) in [6.45, 7) is 2.20. The van der Waals surface area contributed by atoms with Crippen molar-refractivity contribution in [2.75, 3.05) is 6.61 Å². The first-order valence-corrected chi connectivity index (χ1v) is 11.7. The summed E-state index contributed by atoms with van der Waals surface area (Å²) in [4.78, 5) is 11.5. The summed E-state index contributed by atoms with van der Waals surface area (Å²) in [6.07, 6.45) is 22.4. The lowest BCUT2D eigenvalue weighted by molar-refractivity contribution is -0.148. The van der Waals surface area contributed by atoms with Gasteiger partial charge in [-0.3, -0.25) is 4.79 Å². The number of carbonyl (C=O) groups is 1. The van der Waals surface area contributed by atoms with E-state index >= 15 is 0 Å². The zero-order chi connectivity index (χ0) is 19.6. The lowest BCUT2D eigenvalue weighted by Gasteiger charge is -2.04. The van der Waals surface area contributed by atoms with Gasteiger partial charge in [0.05, 0.1) is 6.61 Å². The van der Waals surface area contributed by atoms with E-state index in [0.717, 1.165) is 12.8 Å². The number of unbranched alkanes of at least 4 members (excludes halogenated alkanes) is 16. The molecule has 1 aliphatic rings. The summed E-state index contributed by atoms with van der Waals surface area (Å²) in [6, 6.07) is 0. The Morgan fingerprint density at radius 3 is 1.52 bits per heavy atom. The Balaban J connectivity index is 1.68. The van der Waals surface area contributed by atoms with Crippen molar-refractivity contribution < 1.29 is 19.4 Å². The van der Waals surface area contributed by atoms with Crippen molar-refractivity contribution in [2.24, 2.45) is 0 Å². The molecule has 0 radical (unpaired) electrons. The molecule has 2 unspecified atom stereocenters. The zero-order valence-corrected chi connectivity index (χ0v) is 17.8. The minimum absolute atomic E-state index is 0.0723. The van der Waals surface area contributed by atoms with Gasteiger partial charge in [-0.2, -0.15) is 0 Å². The highest BCUT2D eigenvalue weighted by molar-refractivity contribution is 5.69. The van der Waals surface area contributed by atoms with E-state index in [0.29, 0.717) is 6.42 Å². The number of aliphatic hydroxyl groups is 1. The van der Waals surface area contributed by atoms with Gasteiger partial charge in [0.25, 0.3) is 0 Å². The van der Waals surface area contributed by atoms with Gasteiger partial charge in [-0.25, -0.2) is 0 Å². The number of ether oxygens (including phenoxy) is 2. The molecule has 0 amide bonds. The summed E-state index contributed by atoms with van der Waals surface area (Å²) in [5.74, 6) is -0.197. The fraction of sp³-hybridized carbons (Fsp3) is 0.957. The molecule has 1 fully saturated rings. The molecular formula is C23H44O4. The third-order valence-corrected chi connectivity index (χ3v) is 5.45. The number of hydrogen-bond acceptors (Lipinski definition) is 4. The molecule has 0 saturated carbocycles. The second-order valence-corrected chi connectivity index (χ2v) is 8.12. The summed E-state index contributed by atoms with van der Waals surface area (Å²) >= 11 is 0. The van der Waals surface area contributed by atoms with Gasteiger partial charge >= 0.3 is 5.97 Å². The molecule has 0 aliphatic carbocycles.